The number of hydrogen-bond acceptors (Lipinski definition) is 4. The molecule has 0 saturated carbocycles. The number of unbranched alkanes of at least 4 members (excludes halogenated alkanes) is 1. The molecule has 1 unspecified atom stereocenters. The predicted molar refractivity (Wildman–Crippen MR) is 114 cm³/mol. The standard InChI is InChI=1S/C23H37N3O2/c1-3-12-25(13-4-5-14-26-15-6-11-24-18-23(26)27)21-9-7-19-8-10-22(28-2)17-20(19)16-21/h8,10,17,21,24H,3-7,9,11-16,18H2,1-2H3. The van der Waals surface area contributed by atoms with Gasteiger partial charge in [-0.25, -0.2) is 0 Å². The van der Waals surface area contributed by atoms with Crippen LogP contribution >= 0.6 is 0 Å². The van der Waals surface area contributed by atoms with E-state index >= 15 is 0 Å². The second-order valence-corrected chi connectivity index (χ2v) is 8.19. The molecule has 0 bridgehead atoms. The van der Waals surface area contributed by atoms with Gasteiger partial charge in [-0.3, -0.25) is 4.79 Å². The molecule has 0 spiro atoms. The molecular weight excluding hydrogens is 350 g/mol. The van der Waals surface area contributed by atoms with Crippen molar-refractivity contribution in [1.29, 1.82) is 0 Å². The van der Waals surface area contributed by atoms with E-state index in [9.17, 15) is 4.79 Å². The Kier molecular flexibility index (Phi) is 8.16. The van der Waals surface area contributed by atoms with E-state index in [2.05, 4.69) is 35.3 Å². The van der Waals surface area contributed by atoms with Crippen LogP contribution in [0.3, 0.4) is 0 Å². The van der Waals surface area contributed by atoms with Crippen molar-refractivity contribution in [2.75, 3.05) is 46.4 Å². The molecule has 5 heteroatoms. The smallest absolute Gasteiger partial charge is 0.236 e. The van der Waals surface area contributed by atoms with Crippen LogP contribution in [0.4, 0.5) is 0 Å². The number of nitrogens with one attached hydrogen (secondary N) is 1. The van der Waals surface area contributed by atoms with Gasteiger partial charge in [0.25, 0.3) is 0 Å². The Hall–Kier alpha value is -1.59. The molecule has 1 heterocycles. The highest BCUT2D eigenvalue weighted by molar-refractivity contribution is 5.78. The number of carbonyl (C=O) groups excluding carboxylic acids is 1. The van der Waals surface area contributed by atoms with E-state index in [0.717, 1.165) is 57.7 Å². The van der Waals surface area contributed by atoms with Crippen LogP contribution < -0.4 is 10.1 Å². The molecule has 28 heavy (non-hydrogen) atoms. The van der Waals surface area contributed by atoms with Gasteiger partial charge in [-0.05, 0) is 87.8 Å². The van der Waals surface area contributed by atoms with Crippen LogP contribution in [-0.4, -0.2) is 68.1 Å². The third kappa shape index (κ3) is 5.71. The van der Waals surface area contributed by atoms with Crippen molar-refractivity contribution in [2.24, 2.45) is 0 Å². The van der Waals surface area contributed by atoms with E-state index in [0.29, 0.717) is 12.6 Å². The SMILES string of the molecule is CCCN(CCCCN1CCCNCC1=O)C1CCc2ccc(OC)cc2C1. The molecule has 1 aromatic rings. The number of benzene rings is 1. The summed E-state index contributed by atoms with van der Waals surface area (Å²) in [6.07, 6.45) is 8.07. The zero-order valence-electron chi connectivity index (χ0n) is 17.7. The van der Waals surface area contributed by atoms with Crippen molar-refractivity contribution in [1.82, 2.24) is 15.1 Å². The fourth-order valence-corrected chi connectivity index (χ4v) is 4.60. The van der Waals surface area contributed by atoms with Crippen molar-refractivity contribution in [3.8, 4) is 5.75 Å². The molecule has 1 N–H and O–H groups in total. The van der Waals surface area contributed by atoms with E-state index in [4.69, 9.17) is 4.74 Å². The second-order valence-electron chi connectivity index (χ2n) is 8.19. The Balaban J connectivity index is 1.50. The highest BCUT2D eigenvalue weighted by Gasteiger charge is 2.24. The van der Waals surface area contributed by atoms with E-state index in [1.165, 1.54) is 36.8 Å². The van der Waals surface area contributed by atoms with Crippen molar-refractivity contribution in [3.05, 3.63) is 29.3 Å². The van der Waals surface area contributed by atoms with Gasteiger partial charge in [-0.1, -0.05) is 13.0 Å². The molecule has 2 aliphatic rings. The van der Waals surface area contributed by atoms with Crippen molar-refractivity contribution >= 4 is 5.91 Å². The monoisotopic (exact) mass is 387 g/mol. The van der Waals surface area contributed by atoms with Gasteiger partial charge in [0.15, 0.2) is 0 Å². The van der Waals surface area contributed by atoms with Crippen LogP contribution in [0.1, 0.15) is 50.2 Å². The molecule has 1 saturated heterocycles. The maximum absolute atomic E-state index is 12.1. The lowest BCUT2D eigenvalue weighted by Crippen LogP contribution is -2.41. The van der Waals surface area contributed by atoms with Crippen LogP contribution in [0.15, 0.2) is 18.2 Å². The number of methoxy groups -OCH3 is 1. The Labute approximate surface area is 170 Å². The highest BCUT2D eigenvalue weighted by atomic mass is 16.5. The summed E-state index contributed by atoms with van der Waals surface area (Å²) in [5, 5.41) is 3.20. The minimum absolute atomic E-state index is 0.265. The number of fused-ring (bicyclic) bond motifs is 1. The van der Waals surface area contributed by atoms with Gasteiger partial charge in [0.2, 0.25) is 5.91 Å². The number of ether oxygens (including phenoxy) is 1. The van der Waals surface area contributed by atoms with Crippen LogP contribution in [0.25, 0.3) is 0 Å². The van der Waals surface area contributed by atoms with Gasteiger partial charge in [-0.2, -0.15) is 0 Å². The van der Waals surface area contributed by atoms with Gasteiger partial charge >= 0.3 is 0 Å². The number of nitrogens with zero attached hydrogens (tertiary/aromatic N) is 2. The lowest BCUT2D eigenvalue weighted by Gasteiger charge is -2.35. The summed E-state index contributed by atoms with van der Waals surface area (Å²) in [5.74, 6) is 1.23. The maximum atomic E-state index is 12.1. The molecule has 1 aliphatic carbocycles. The van der Waals surface area contributed by atoms with E-state index in [1.54, 1.807) is 7.11 Å². The topological polar surface area (TPSA) is 44.8 Å². The molecular formula is C23H37N3O2. The van der Waals surface area contributed by atoms with Crippen LogP contribution in [0, 0.1) is 0 Å². The van der Waals surface area contributed by atoms with E-state index in [-0.39, 0.29) is 5.91 Å². The number of hydrogen-bond donors (Lipinski definition) is 1. The average molecular weight is 388 g/mol. The summed E-state index contributed by atoms with van der Waals surface area (Å²) >= 11 is 0. The van der Waals surface area contributed by atoms with Crippen LogP contribution in [0.5, 0.6) is 5.75 Å². The molecule has 3 rings (SSSR count). The first-order valence-electron chi connectivity index (χ1n) is 11.1. The summed E-state index contributed by atoms with van der Waals surface area (Å²) in [4.78, 5) is 16.8. The van der Waals surface area contributed by atoms with E-state index < -0.39 is 0 Å². The Bertz CT molecular complexity index is 634. The Morgan fingerprint density at radius 3 is 2.96 bits per heavy atom. The van der Waals surface area contributed by atoms with Gasteiger partial charge < -0.3 is 19.9 Å². The van der Waals surface area contributed by atoms with Gasteiger partial charge in [-0.15, -0.1) is 0 Å². The number of amides is 1. The third-order valence-corrected chi connectivity index (χ3v) is 6.18. The lowest BCUT2D eigenvalue weighted by atomic mass is 9.87. The molecule has 1 aromatic carbocycles. The Morgan fingerprint density at radius 2 is 2.14 bits per heavy atom. The third-order valence-electron chi connectivity index (χ3n) is 6.18. The quantitative estimate of drug-likeness (QED) is 0.662. The largest absolute Gasteiger partial charge is 0.497 e. The number of aryl methyl sites for hydroxylation is 1. The van der Waals surface area contributed by atoms with Gasteiger partial charge in [0, 0.05) is 19.1 Å². The number of carbonyl (C=O) groups is 1. The summed E-state index contributed by atoms with van der Waals surface area (Å²) in [5.41, 5.74) is 2.95. The summed E-state index contributed by atoms with van der Waals surface area (Å²) in [7, 11) is 1.75. The second kappa shape index (κ2) is 10.8. The zero-order chi connectivity index (χ0) is 19.8. The highest BCUT2D eigenvalue weighted by Crippen LogP contribution is 2.28. The zero-order valence-corrected chi connectivity index (χ0v) is 17.7. The van der Waals surface area contributed by atoms with Crippen molar-refractivity contribution < 1.29 is 9.53 Å². The predicted octanol–water partition coefficient (Wildman–Crippen LogP) is 2.87. The summed E-state index contributed by atoms with van der Waals surface area (Å²) in [6.45, 7) is 7.86. The van der Waals surface area contributed by atoms with E-state index in [1.807, 2.05) is 4.90 Å². The van der Waals surface area contributed by atoms with Gasteiger partial charge in [0.1, 0.15) is 5.75 Å². The molecule has 0 radical (unpaired) electrons. The minimum atomic E-state index is 0.265. The van der Waals surface area contributed by atoms with Crippen molar-refractivity contribution in [3.63, 3.8) is 0 Å². The van der Waals surface area contributed by atoms with Crippen LogP contribution in [0.2, 0.25) is 0 Å². The molecule has 0 aromatic heterocycles. The molecule has 1 atom stereocenters. The van der Waals surface area contributed by atoms with Crippen LogP contribution in [-0.2, 0) is 17.6 Å². The minimum Gasteiger partial charge on any atom is -0.497 e. The number of rotatable bonds is 9. The first kappa shape index (κ1) is 21.1. The normalized spacial score (nSPS) is 20.2. The average Bonchev–Trinajstić information content (AvgIpc) is 2.93. The summed E-state index contributed by atoms with van der Waals surface area (Å²) in [6, 6.07) is 7.18. The maximum Gasteiger partial charge on any atom is 0.236 e. The van der Waals surface area contributed by atoms with Crippen molar-refractivity contribution in [2.45, 2.75) is 57.9 Å². The molecule has 1 fully saturated rings. The first-order chi connectivity index (χ1) is 13.7. The van der Waals surface area contributed by atoms with Gasteiger partial charge in [0.05, 0.1) is 13.7 Å². The fourth-order valence-electron chi connectivity index (χ4n) is 4.60. The summed E-state index contributed by atoms with van der Waals surface area (Å²) < 4.78 is 5.43. The first-order valence-corrected chi connectivity index (χ1v) is 11.1. The Morgan fingerprint density at radius 1 is 1.25 bits per heavy atom. The lowest BCUT2D eigenvalue weighted by molar-refractivity contribution is -0.129. The fraction of sp³-hybridized carbons (Fsp3) is 0.696. The molecule has 1 aliphatic heterocycles. The molecule has 5 nitrogen and oxygen atoms in total. The molecule has 156 valence electrons. The molecule has 1 amide bonds.